The lowest BCUT2D eigenvalue weighted by molar-refractivity contribution is -0.131. The Bertz CT molecular complexity index is 759. The molecule has 1 fully saturated rings. The van der Waals surface area contributed by atoms with Gasteiger partial charge in [-0.05, 0) is 31.0 Å². The number of carbonyl (C=O) groups excluding carboxylic acids is 2. The molecule has 0 spiro atoms. The lowest BCUT2D eigenvalue weighted by atomic mass is 10.1. The Hall–Kier alpha value is -2.89. The Morgan fingerprint density at radius 3 is 2.39 bits per heavy atom. The van der Waals surface area contributed by atoms with Gasteiger partial charge in [-0.1, -0.05) is 36.4 Å². The molecule has 0 bridgehead atoms. The molecule has 6 heteroatoms. The summed E-state index contributed by atoms with van der Waals surface area (Å²) in [5, 5.41) is 3.00. The molecule has 148 valence electrons. The minimum atomic E-state index is -0.0240. The van der Waals surface area contributed by atoms with Crippen molar-refractivity contribution in [3.8, 4) is 0 Å². The van der Waals surface area contributed by atoms with Gasteiger partial charge in [-0.2, -0.15) is 0 Å². The second-order valence-corrected chi connectivity index (χ2v) is 7.11. The van der Waals surface area contributed by atoms with E-state index in [4.69, 9.17) is 0 Å². The van der Waals surface area contributed by atoms with E-state index in [1.54, 1.807) is 6.20 Å². The molecule has 0 saturated carbocycles. The van der Waals surface area contributed by atoms with Crippen molar-refractivity contribution >= 4 is 17.6 Å². The summed E-state index contributed by atoms with van der Waals surface area (Å²) >= 11 is 0. The van der Waals surface area contributed by atoms with Crippen LogP contribution in [-0.4, -0.2) is 47.9 Å². The SMILES string of the molecule is C[C@@H](NC(=O)CCCC(=O)N1CCN(c2ccccn2)CC1)c1ccccc1. The van der Waals surface area contributed by atoms with Crippen molar-refractivity contribution in [2.45, 2.75) is 32.2 Å². The van der Waals surface area contributed by atoms with Crippen LogP contribution in [0.4, 0.5) is 5.82 Å². The number of pyridine rings is 1. The number of rotatable bonds is 7. The van der Waals surface area contributed by atoms with E-state index in [1.807, 2.05) is 60.4 Å². The van der Waals surface area contributed by atoms with Gasteiger partial charge in [-0.3, -0.25) is 9.59 Å². The highest BCUT2D eigenvalue weighted by Crippen LogP contribution is 2.14. The highest BCUT2D eigenvalue weighted by molar-refractivity contribution is 5.79. The Balaban J connectivity index is 1.35. The highest BCUT2D eigenvalue weighted by atomic mass is 16.2. The molecule has 1 saturated heterocycles. The molecule has 1 aromatic carbocycles. The molecular weight excluding hydrogens is 352 g/mol. The van der Waals surface area contributed by atoms with E-state index >= 15 is 0 Å². The zero-order chi connectivity index (χ0) is 19.8. The Kier molecular flexibility index (Phi) is 7.00. The first-order valence-electron chi connectivity index (χ1n) is 9.91. The maximum Gasteiger partial charge on any atom is 0.222 e. The zero-order valence-electron chi connectivity index (χ0n) is 16.4. The number of benzene rings is 1. The number of aromatic nitrogens is 1. The van der Waals surface area contributed by atoms with Crippen LogP contribution in [0.25, 0.3) is 0 Å². The minimum Gasteiger partial charge on any atom is -0.353 e. The van der Waals surface area contributed by atoms with Gasteiger partial charge in [0.1, 0.15) is 5.82 Å². The van der Waals surface area contributed by atoms with Gasteiger partial charge < -0.3 is 15.1 Å². The fraction of sp³-hybridized carbons (Fsp3) is 0.409. The molecule has 6 nitrogen and oxygen atoms in total. The van der Waals surface area contributed by atoms with E-state index in [2.05, 4.69) is 15.2 Å². The molecule has 1 atom stereocenters. The normalized spacial score (nSPS) is 15.2. The fourth-order valence-corrected chi connectivity index (χ4v) is 3.42. The average molecular weight is 380 g/mol. The number of nitrogens with one attached hydrogen (secondary N) is 1. The van der Waals surface area contributed by atoms with E-state index in [9.17, 15) is 9.59 Å². The molecule has 2 aromatic rings. The van der Waals surface area contributed by atoms with E-state index in [0.717, 1.165) is 24.5 Å². The average Bonchev–Trinajstić information content (AvgIpc) is 2.75. The summed E-state index contributed by atoms with van der Waals surface area (Å²) < 4.78 is 0. The number of hydrogen-bond donors (Lipinski definition) is 1. The monoisotopic (exact) mass is 380 g/mol. The fourth-order valence-electron chi connectivity index (χ4n) is 3.42. The number of piperazine rings is 1. The van der Waals surface area contributed by atoms with Gasteiger partial charge in [0, 0.05) is 45.2 Å². The third kappa shape index (κ3) is 5.55. The van der Waals surface area contributed by atoms with Crippen molar-refractivity contribution in [1.29, 1.82) is 0 Å². The van der Waals surface area contributed by atoms with Crippen LogP contribution in [0.2, 0.25) is 0 Å². The molecule has 1 aromatic heterocycles. The van der Waals surface area contributed by atoms with Gasteiger partial charge in [0.05, 0.1) is 6.04 Å². The first kappa shape index (κ1) is 19.9. The maximum atomic E-state index is 12.4. The van der Waals surface area contributed by atoms with E-state index in [1.165, 1.54) is 0 Å². The Labute approximate surface area is 166 Å². The van der Waals surface area contributed by atoms with Gasteiger partial charge in [-0.25, -0.2) is 4.98 Å². The third-order valence-electron chi connectivity index (χ3n) is 5.08. The zero-order valence-corrected chi connectivity index (χ0v) is 16.4. The van der Waals surface area contributed by atoms with Crippen LogP contribution in [0.15, 0.2) is 54.7 Å². The molecule has 0 aliphatic carbocycles. The van der Waals surface area contributed by atoms with Gasteiger partial charge in [0.15, 0.2) is 0 Å². The predicted molar refractivity (Wildman–Crippen MR) is 110 cm³/mol. The summed E-state index contributed by atoms with van der Waals surface area (Å²) in [6.07, 6.45) is 3.15. The van der Waals surface area contributed by atoms with Crippen molar-refractivity contribution in [2.75, 3.05) is 31.1 Å². The first-order valence-corrected chi connectivity index (χ1v) is 9.91. The topological polar surface area (TPSA) is 65.5 Å². The molecule has 3 rings (SSSR count). The number of carbonyl (C=O) groups is 2. The Morgan fingerprint density at radius 2 is 1.71 bits per heavy atom. The van der Waals surface area contributed by atoms with Crippen molar-refractivity contribution in [2.24, 2.45) is 0 Å². The largest absolute Gasteiger partial charge is 0.353 e. The number of anilines is 1. The van der Waals surface area contributed by atoms with Crippen LogP contribution >= 0.6 is 0 Å². The van der Waals surface area contributed by atoms with E-state index < -0.39 is 0 Å². The predicted octanol–water partition coefficient (Wildman–Crippen LogP) is 2.78. The maximum absolute atomic E-state index is 12.4. The van der Waals surface area contributed by atoms with Gasteiger partial charge in [-0.15, -0.1) is 0 Å². The van der Waals surface area contributed by atoms with Crippen LogP contribution in [-0.2, 0) is 9.59 Å². The van der Waals surface area contributed by atoms with Gasteiger partial charge in [0.25, 0.3) is 0 Å². The molecule has 1 aliphatic rings. The lowest BCUT2D eigenvalue weighted by Crippen LogP contribution is -2.49. The number of amides is 2. The van der Waals surface area contributed by atoms with Gasteiger partial charge in [0.2, 0.25) is 11.8 Å². The van der Waals surface area contributed by atoms with Crippen LogP contribution < -0.4 is 10.2 Å². The van der Waals surface area contributed by atoms with Crippen LogP contribution in [0, 0.1) is 0 Å². The van der Waals surface area contributed by atoms with Crippen LogP contribution in [0.3, 0.4) is 0 Å². The quantitative estimate of drug-likeness (QED) is 0.802. The smallest absolute Gasteiger partial charge is 0.222 e. The molecule has 1 N–H and O–H groups in total. The molecular formula is C22H28N4O2. The van der Waals surface area contributed by atoms with Crippen molar-refractivity contribution in [1.82, 2.24) is 15.2 Å². The second kappa shape index (κ2) is 9.88. The van der Waals surface area contributed by atoms with Crippen LogP contribution in [0.1, 0.15) is 37.8 Å². The molecule has 0 radical (unpaired) electrons. The van der Waals surface area contributed by atoms with Crippen molar-refractivity contribution in [3.63, 3.8) is 0 Å². The summed E-state index contributed by atoms with van der Waals surface area (Å²) in [6.45, 7) is 4.95. The summed E-state index contributed by atoms with van der Waals surface area (Å²) in [5.74, 6) is 1.08. The summed E-state index contributed by atoms with van der Waals surface area (Å²) in [5.41, 5.74) is 1.08. The Morgan fingerprint density at radius 1 is 1.00 bits per heavy atom. The summed E-state index contributed by atoms with van der Waals surface area (Å²) in [7, 11) is 0. The highest BCUT2D eigenvalue weighted by Gasteiger charge is 2.21. The molecule has 1 aliphatic heterocycles. The number of nitrogens with zero attached hydrogens (tertiary/aromatic N) is 3. The molecule has 0 unspecified atom stereocenters. The van der Waals surface area contributed by atoms with Crippen LogP contribution in [0.5, 0.6) is 0 Å². The van der Waals surface area contributed by atoms with Crippen molar-refractivity contribution in [3.05, 3.63) is 60.3 Å². The summed E-state index contributed by atoms with van der Waals surface area (Å²) in [4.78, 5) is 33.0. The van der Waals surface area contributed by atoms with Crippen molar-refractivity contribution < 1.29 is 9.59 Å². The lowest BCUT2D eigenvalue weighted by Gasteiger charge is -2.35. The first-order chi connectivity index (χ1) is 13.6. The minimum absolute atomic E-state index is 0.0101. The van der Waals surface area contributed by atoms with E-state index in [0.29, 0.717) is 32.4 Å². The molecule has 2 heterocycles. The summed E-state index contributed by atoms with van der Waals surface area (Å²) in [6, 6.07) is 15.7. The third-order valence-corrected chi connectivity index (χ3v) is 5.08. The van der Waals surface area contributed by atoms with E-state index in [-0.39, 0.29) is 17.9 Å². The standard InChI is InChI=1S/C22H28N4O2/c1-18(19-8-3-2-4-9-19)24-21(27)11-7-12-22(28)26-16-14-25(15-17-26)20-10-5-6-13-23-20/h2-6,8-10,13,18H,7,11-12,14-17H2,1H3,(H,24,27)/t18-/m1/s1. The molecule has 28 heavy (non-hydrogen) atoms. The molecule has 2 amide bonds. The van der Waals surface area contributed by atoms with Gasteiger partial charge >= 0.3 is 0 Å². The number of hydrogen-bond acceptors (Lipinski definition) is 4. The second-order valence-electron chi connectivity index (χ2n) is 7.11.